The lowest BCUT2D eigenvalue weighted by molar-refractivity contribution is 0.442. The molecule has 0 saturated carbocycles. The van der Waals surface area contributed by atoms with E-state index in [4.69, 9.17) is 11.6 Å². The number of nitrogens with zero attached hydrogens (tertiary/aromatic N) is 1. The summed E-state index contributed by atoms with van der Waals surface area (Å²) in [5.74, 6) is 0. The molecule has 1 unspecified atom stereocenters. The smallest absolute Gasteiger partial charge is 0.297 e. The molecular weight excluding hydrogens is 264 g/mol. The number of hydrogen-bond donors (Lipinski definition) is 1. The SMILES string of the molecule is CCCCCCC(C)n1c(=O)[nH]c(Cl)c(CC)c1=O. The van der Waals surface area contributed by atoms with Crippen LogP contribution in [0.25, 0.3) is 0 Å². The van der Waals surface area contributed by atoms with Crippen molar-refractivity contribution in [2.24, 2.45) is 0 Å². The van der Waals surface area contributed by atoms with Crippen molar-refractivity contribution in [1.29, 1.82) is 0 Å². The minimum atomic E-state index is -0.407. The highest BCUT2D eigenvalue weighted by molar-refractivity contribution is 6.30. The van der Waals surface area contributed by atoms with E-state index in [1.165, 1.54) is 17.4 Å². The first kappa shape index (κ1) is 16.0. The van der Waals surface area contributed by atoms with Crippen LogP contribution in [-0.4, -0.2) is 9.55 Å². The number of halogens is 1. The van der Waals surface area contributed by atoms with Gasteiger partial charge in [-0.2, -0.15) is 0 Å². The first-order valence-corrected chi connectivity index (χ1v) is 7.43. The number of hydrogen-bond acceptors (Lipinski definition) is 2. The molecule has 0 amide bonds. The molecule has 0 spiro atoms. The molecule has 0 aliphatic rings. The fourth-order valence-electron chi connectivity index (χ4n) is 2.26. The Bertz CT molecular complexity index is 519. The molecule has 1 aromatic heterocycles. The standard InChI is InChI=1S/C14H23ClN2O2/c1-4-6-7-8-9-10(3)17-13(18)11(5-2)12(15)16-14(17)19/h10H,4-9H2,1-3H3,(H,16,19). The summed E-state index contributed by atoms with van der Waals surface area (Å²) >= 11 is 5.89. The van der Waals surface area contributed by atoms with Gasteiger partial charge in [0.1, 0.15) is 5.15 Å². The first-order valence-electron chi connectivity index (χ1n) is 7.06. The minimum Gasteiger partial charge on any atom is -0.297 e. The summed E-state index contributed by atoms with van der Waals surface area (Å²) in [6.07, 6.45) is 5.91. The van der Waals surface area contributed by atoms with Gasteiger partial charge in [0.2, 0.25) is 0 Å². The van der Waals surface area contributed by atoms with E-state index in [-0.39, 0.29) is 16.8 Å². The maximum Gasteiger partial charge on any atom is 0.329 e. The van der Waals surface area contributed by atoms with Gasteiger partial charge in [-0.25, -0.2) is 4.79 Å². The van der Waals surface area contributed by atoms with Crippen molar-refractivity contribution in [1.82, 2.24) is 9.55 Å². The zero-order chi connectivity index (χ0) is 14.4. The average molecular weight is 287 g/mol. The van der Waals surface area contributed by atoms with E-state index in [0.29, 0.717) is 12.0 Å². The Labute approximate surface area is 118 Å². The Kier molecular flexibility index (Phi) is 6.35. The van der Waals surface area contributed by atoms with Crippen LogP contribution in [0.1, 0.15) is 64.5 Å². The third-order valence-corrected chi connectivity index (χ3v) is 3.77. The highest BCUT2D eigenvalue weighted by atomic mass is 35.5. The summed E-state index contributed by atoms with van der Waals surface area (Å²) in [4.78, 5) is 26.7. The van der Waals surface area contributed by atoms with Gasteiger partial charge in [0.05, 0.1) is 5.56 Å². The molecule has 0 radical (unpaired) electrons. The lowest BCUT2D eigenvalue weighted by Gasteiger charge is -2.15. The van der Waals surface area contributed by atoms with Crippen LogP contribution in [0.5, 0.6) is 0 Å². The van der Waals surface area contributed by atoms with Crippen LogP contribution in [0, 0.1) is 0 Å². The number of nitrogens with one attached hydrogen (secondary N) is 1. The summed E-state index contributed by atoms with van der Waals surface area (Å²) < 4.78 is 1.30. The van der Waals surface area contributed by atoms with Gasteiger partial charge in [-0.3, -0.25) is 14.3 Å². The van der Waals surface area contributed by atoms with Crippen LogP contribution in [0.15, 0.2) is 9.59 Å². The van der Waals surface area contributed by atoms with E-state index < -0.39 is 5.69 Å². The second kappa shape index (κ2) is 7.53. The van der Waals surface area contributed by atoms with Crippen molar-refractivity contribution >= 4 is 11.6 Å². The molecule has 5 heteroatoms. The predicted octanol–water partition coefficient (Wildman–Crippen LogP) is 3.28. The van der Waals surface area contributed by atoms with E-state index in [1.54, 1.807) is 0 Å². The molecule has 0 aliphatic heterocycles. The molecule has 108 valence electrons. The molecule has 0 aromatic carbocycles. The highest BCUT2D eigenvalue weighted by Crippen LogP contribution is 2.14. The summed E-state index contributed by atoms with van der Waals surface area (Å²) in [7, 11) is 0. The number of H-pyrrole nitrogens is 1. The number of rotatable bonds is 7. The molecule has 0 bridgehead atoms. The quantitative estimate of drug-likeness (QED) is 0.618. The molecule has 1 N–H and O–H groups in total. The van der Waals surface area contributed by atoms with Gasteiger partial charge in [-0.15, -0.1) is 0 Å². The lowest BCUT2D eigenvalue weighted by Crippen LogP contribution is -2.39. The zero-order valence-electron chi connectivity index (χ0n) is 12.0. The van der Waals surface area contributed by atoms with Gasteiger partial charge in [-0.05, 0) is 19.8 Å². The van der Waals surface area contributed by atoms with Gasteiger partial charge < -0.3 is 0 Å². The van der Waals surface area contributed by atoms with E-state index in [2.05, 4.69) is 11.9 Å². The van der Waals surface area contributed by atoms with Crippen LogP contribution in [0.3, 0.4) is 0 Å². The fourth-order valence-corrected chi connectivity index (χ4v) is 2.56. The maximum atomic E-state index is 12.2. The van der Waals surface area contributed by atoms with E-state index >= 15 is 0 Å². The van der Waals surface area contributed by atoms with E-state index in [9.17, 15) is 9.59 Å². The van der Waals surface area contributed by atoms with Crippen molar-refractivity contribution in [2.45, 2.75) is 65.3 Å². The van der Waals surface area contributed by atoms with Gasteiger partial charge >= 0.3 is 5.69 Å². The van der Waals surface area contributed by atoms with E-state index in [1.807, 2.05) is 13.8 Å². The van der Waals surface area contributed by atoms with Crippen LogP contribution in [0.4, 0.5) is 0 Å². The van der Waals surface area contributed by atoms with Gasteiger partial charge in [0.15, 0.2) is 0 Å². The average Bonchev–Trinajstić information content (AvgIpc) is 2.34. The number of aromatic amines is 1. The van der Waals surface area contributed by atoms with Crippen LogP contribution >= 0.6 is 11.6 Å². The van der Waals surface area contributed by atoms with Gasteiger partial charge in [-0.1, -0.05) is 51.1 Å². The van der Waals surface area contributed by atoms with E-state index in [0.717, 1.165) is 19.3 Å². The van der Waals surface area contributed by atoms with Crippen LogP contribution < -0.4 is 11.2 Å². The zero-order valence-corrected chi connectivity index (χ0v) is 12.7. The summed E-state index contributed by atoms with van der Waals surface area (Å²) in [5, 5.41) is 0.173. The molecule has 1 rings (SSSR count). The Morgan fingerprint density at radius 2 is 1.89 bits per heavy atom. The van der Waals surface area contributed by atoms with Crippen LogP contribution in [-0.2, 0) is 6.42 Å². The highest BCUT2D eigenvalue weighted by Gasteiger charge is 2.15. The predicted molar refractivity (Wildman–Crippen MR) is 79.2 cm³/mol. The van der Waals surface area contributed by atoms with Crippen molar-refractivity contribution < 1.29 is 0 Å². The van der Waals surface area contributed by atoms with Crippen LogP contribution in [0.2, 0.25) is 5.15 Å². The molecule has 0 fully saturated rings. The van der Waals surface area contributed by atoms with Crippen molar-refractivity contribution in [3.63, 3.8) is 0 Å². The maximum absolute atomic E-state index is 12.2. The topological polar surface area (TPSA) is 54.9 Å². The van der Waals surface area contributed by atoms with Crippen molar-refractivity contribution in [2.75, 3.05) is 0 Å². The summed E-state index contributed by atoms with van der Waals surface area (Å²) in [6, 6.07) is -0.0873. The Balaban J connectivity index is 2.94. The molecule has 0 aliphatic carbocycles. The molecule has 19 heavy (non-hydrogen) atoms. The third-order valence-electron chi connectivity index (χ3n) is 3.45. The number of unbranched alkanes of at least 4 members (excludes halogenated alkanes) is 3. The van der Waals surface area contributed by atoms with Gasteiger partial charge in [0, 0.05) is 6.04 Å². The fraction of sp³-hybridized carbons (Fsp3) is 0.714. The second-order valence-electron chi connectivity index (χ2n) is 4.95. The lowest BCUT2D eigenvalue weighted by atomic mass is 10.1. The molecule has 1 atom stereocenters. The minimum absolute atomic E-state index is 0.0873. The number of aromatic nitrogens is 2. The van der Waals surface area contributed by atoms with Gasteiger partial charge in [0.25, 0.3) is 5.56 Å². The molecule has 4 nitrogen and oxygen atoms in total. The Hall–Kier alpha value is -1.03. The Morgan fingerprint density at radius 1 is 1.21 bits per heavy atom. The van der Waals surface area contributed by atoms with Crippen molar-refractivity contribution in [3.8, 4) is 0 Å². The molecule has 1 aromatic rings. The normalized spacial score (nSPS) is 12.6. The summed E-state index contributed by atoms with van der Waals surface area (Å²) in [5.41, 5.74) is -0.170. The summed E-state index contributed by atoms with van der Waals surface area (Å²) in [6.45, 7) is 5.93. The van der Waals surface area contributed by atoms with Crippen molar-refractivity contribution in [3.05, 3.63) is 31.6 Å². The molecule has 0 saturated heterocycles. The largest absolute Gasteiger partial charge is 0.329 e. The first-order chi connectivity index (χ1) is 9.02. The molecular formula is C14H23ClN2O2. The second-order valence-corrected chi connectivity index (χ2v) is 5.33. The monoisotopic (exact) mass is 286 g/mol. The third kappa shape index (κ3) is 3.96. The Morgan fingerprint density at radius 3 is 2.47 bits per heavy atom. The molecule has 1 heterocycles.